The van der Waals surface area contributed by atoms with Gasteiger partial charge >= 0.3 is 5.97 Å². The molecule has 1 heterocycles. The number of hydrogen-bond donors (Lipinski definition) is 0. The maximum Gasteiger partial charge on any atom is 0.361 e. The van der Waals surface area contributed by atoms with E-state index in [0.717, 1.165) is 5.75 Å². The van der Waals surface area contributed by atoms with E-state index in [1.165, 1.54) is 7.11 Å². The summed E-state index contributed by atoms with van der Waals surface area (Å²) in [6.45, 7) is 0.950. The molecule has 0 aliphatic carbocycles. The molecule has 0 saturated heterocycles. The molecule has 1 aliphatic heterocycles. The van der Waals surface area contributed by atoms with Gasteiger partial charge in [-0.2, -0.15) is 0 Å². The molecule has 0 N–H and O–H groups in total. The zero-order valence-corrected chi connectivity index (χ0v) is 10.8. The van der Waals surface area contributed by atoms with Gasteiger partial charge in [0.2, 0.25) is 11.6 Å². The van der Waals surface area contributed by atoms with Crippen molar-refractivity contribution in [2.24, 2.45) is 9.98 Å². The molecule has 1 aromatic carbocycles. The van der Waals surface area contributed by atoms with E-state index in [2.05, 4.69) is 14.7 Å². The van der Waals surface area contributed by atoms with Gasteiger partial charge in [0.15, 0.2) is 0 Å². The molecule has 1 aromatic rings. The highest BCUT2D eigenvalue weighted by molar-refractivity contribution is 6.64. The Labute approximate surface area is 110 Å². The number of esters is 1. The fourth-order valence-electron chi connectivity index (χ4n) is 1.54. The number of rotatable bonds is 3. The van der Waals surface area contributed by atoms with Crippen molar-refractivity contribution in [1.29, 1.82) is 0 Å². The summed E-state index contributed by atoms with van der Waals surface area (Å²) >= 11 is 0. The molecule has 2 rings (SSSR count). The maximum absolute atomic E-state index is 11.5. The maximum atomic E-state index is 11.5. The second kappa shape index (κ2) is 5.99. The number of hydrogen-bond acceptors (Lipinski definition) is 6. The SMILES string of the molecule is COC(=O)C1=NCCN=C1Oc1ccc(OC)cc1. The standard InChI is InChI=1S/C13H14N2O4/c1-17-9-3-5-10(6-4-9)19-12-11(13(16)18-2)14-7-8-15-12/h3-6H,7-8H2,1-2H3. The summed E-state index contributed by atoms with van der Waals surface area (Å²) in [5, 5.41) is 0. The quantitative estimate of drug-likeness (QED) is 0.765. The first-order valence-electron chi connectivity index (χ1n) is 5.74. The van der Waals surface area contributed by atoms with Crippen LogP contribution in [0.4, 0.5) is 0 Å². The third-order valence-corrected chi connectivity index (χ3v) is 2.48. The summed E-state index contributed by atoms with van der Waals surface area (Å²) in [5.41, 5.74) is 0.115. The minimum absolute atomic E-state index is 0.115. The second-order valence-corrected chi connectivity index (χ2v) is 3.69. The summed E-state index contributed by atoms with van der Waals surface area (Å²) in [6.07, 6.45) is 0. The molecular formula is C13H14N2O4. The van der Waals surface area contributed by atoms with Crippen molar-refractivity contribution in [3.63, 3.8) is 0 Å². The number of nitrogens with zero attached hydrogens (tertiary/aromatic N) is 2. The lowest BCUT2D eigenvalue weighted by Crippen LogP contribution is -2.33. The molecule has 6 nitrogen and oxygen atoms in total. The van der Waals surface area contributed by atoms with Crippen molar-refractivity contribution in [1.82, 2.24) is 0 Å². The van der Waals surface area contributed by atoms with Crippen LogP contribution < -0.4 is 9.47 Å². The largest absolute Gasteiger partial charge is 0.497 e. The first-order valence-corrected chi connectivity index (χ1v) is 5.74. The molecule has 6 heteroatoms. The van der Waals surface area contributed by atoms with Gasteiger partial charge in [0.25, 0.3) is 0 Å². The molecule has 0 bridgehead atoms. The topological polar surface area (TPSA) is 69.5 Å². The van der Waals surface area contributed by atoms with Gasteiger partial charge in [-0.1, -0.05) is 0 Å². The van der Waals surface area contributed by atoms with Crippen LogP contribution in [0.5, 0.6) is 11.5 Å². The molecule has 0 fully saturated rings. The summed E-state index contributed by atoms with van der Waals surface area (Å²) in [6, 6.07) is 6.97. The monoisotopic (exact) mass is 262 g/mol. The van der Waals surface area contributed by atoms with Crippen molar-refractivity contribution in [2.75, 3.05) is 27.3 Å². The van der Waals surface area contributed by atoms with Gasteiger partial charge in [0.1, 0.15) is 11.5 Å². The normalized spacial score (nSPS) is 14.2. The number of benzene rings is 1. The van der Waals surface area contributed by atoms with Crippen LogP contribution in [0, 0.1) is 0 Å². The van der Waals surface area contributed by atoms with E-state index in [1.807, 2.05) is 0 Å². The number of carbonyl (C=O) groups is 1. The average Bonchev–Trinajstić information content (AvgIpc) is 2.48. The zero-order valence-electron chi connectivity index (χ0n) is 10.8. The molecule has 0 spiro atoms. The Bertz CT molecular complexity index is 520. The average molecular weight is 262 g/mol. The third-order valence-electron chi connectivity index (χ3n) is 2.48. The van der Waals surface area contributed by atoms with Gasteiger partial charge in [0, 0.05) is 0 Å². The first kappa shape index (κ1) is 13.1. The van der Waals surface area contributed by atoms with Gasteiger partial charge in [0.05, 0.1) is 27.3 Å². The van der Waals surface area contributed by atoms with Crippen molar-refractivity contribution in [2.45, 2.75) is 0 Å². The Morgan fingerprint density at radius 2 is 1.68 bits per heavy atom. The van der Waals surface area contributed by atoms with E-state index < -0.39 is 5.97 Å². The van der Waals surface area contributed by atoms with Crippen molar-refractivity contribution < 1.29 is 19.0 Å². The third kappa shape index (κ3) is 3.09. The van der Waals surface area contributed by atoms with E-state index in [0.29, 0.717) is 18.8 Å². The van der Waals surface area contributed by atoms with Crippen molar-refractivity contribution in [3.05, 3.63) is 24.3 Å². The molecule has 100 valence electrons. The number of carbonyl (C=O) groups excluding carboxylic acids is 1. The van der Waals surface area contributed by atoms with Crippen LogP contribution >= 0.6 is 0 Å². The molecule has 0 radical (unpaired) electrons. The minimum atomic E-state index is -0.549. The zero-order chi connectivity index (χ0) is 13.7. The molecule has 19 heavy (non-hydrogen) atoms. The van der Waals surface area contributed by atoms with Crippen LogP contribution in [0.3, 0.4) is 0 Å². The molecule has 1 aliphatic rings. The van der Waals surface area contributed by atoms with Gasteiger partial charge in [-0.25, -0.2) is 9.79 Å². The highest BCUT2D eigenvalue weighted by atomic mass is 16.5. The fourth-order valence-corrected chi connectivity index (χ4v) is 1.54. The van der Waals surface area contributed by atoms with Crippen LogP contribution in [0.25, 0.3) is 0 Å². The van der Waals surface area contributed by atoms with Crippen LogP contribution in [0.1, 0.15) is 0 Å². The van der Waals surface area contributed by atoms with Gasteiger partial charge in [-0.15, -0.1) is 0 Å². The molecule has 0 saturated carbocycles. The van der Waals surface area contributed by atoms with Crippen LogP contribution in [0.15, 0.2) is 34.3 Å². The Hall–Kier alpha value is -2.37. The Kier molecular flexibility index (Phi) is 4.12. The van der Waals surface area contributed by atoms with Gasteiger partial charge < -0.3 is 14.2 Å². The second-order valence-electron chi connectivity index (χ2n) is 3.69. The molecule has 0 amide bonds. The van der Waals surface area contributed by atoms with E-state index in [9.17, 15) is 4.79 Å². The lowest BCUT2D eigenvalue weighted by atomic mass is 10.3. The van der Waals surface area contributed by atoms with E-state index in [1.54, 1.807) is 31.4 Å². The van der Waals surface area contributed by atoms with E-state index in [-0.39, 0.29) is 11.6 Å². The molecule has 0 aromatic heterocycles. The Morgan fingerprint density at radius 3 is 2.32 bits per heavy atom. The van der Waals surface area contributed by atoms with Crippen molar-refractivity contribution in [3.8, 4) is 11.5 Å². The highest BCUT2D eigenvalue weighted by Crippen LogP contribution is 2.18. The Balaban J connectivity index is 2.14. The number of methoxy groups -OCH3 is 2. The smallest absolute Gasteiger partial charge is 0.361 e. The molecular weight excluding hydrogens is 248 g/mol. The van der Waals surface area contributed by atoms with Crippen LogP contribution in [0.2, 0.25) is 0 Å². The van der Waals surface area contributed by atoms with Gasteiger partial charge in [-0.05, 0) is 24.3 Å². The first-order chi connectivity index (χ1) is 9.24. The lowest BCUT2D eigenvalue weighted by Gasteiger charge is -2.13. The van der Waals surface area contributed by atoms with E-state index in [4.69, 9.17) is 9.47 Å². The summed E-state index contributed by atoms with van der Waals surface area (Å²) in [7, 11) is 2.88. The number of aliphatic imine (C=N–C) groups is 2. The van der Waals surface area contributed by atoms with E-state index >= 15 is 0 Å². The van der Waals surface area contributed by atoms with Crippen molar-refractivity contribution >= 4 is 17.6 Å². The fraction of sp³-hybridized carbons (Fsp3) is 0.308. The molecule has 0 atom stereocenters. The summed E-state index contributed by atoms with van der Waals surface area (Å²) in [4.78, 5) is 19.8. The number of ether oxygens (including phenoxy) is 3. The minimum Gasteiger partial charge on any atom is -0.497 e. The lowest BCUT2D eigenvalue weighted by molar-refractivity contribution is -0.132. The summed E-state index contributed by atoms with van der Waals surface area (Å²) in [5.74, 6) is 0.910. The predicted molar refractivity (Wildman–Crippen MR) is 70.2 cm³/mol. The van der Waals surface area contributed by atoms with Crippen LogP contribution in [-0.4, -0.2) is 44.9 Å². The molecule has 0 unspecified atom stereocenters. The van der Waals surface area contributed by atoms with Crippen LogP contribution in [-0.2, 0) is 9.53 Å². The van der Waals surface area contributed by atoms with Gasteiger partial charge in [-0.3, -0.25) is 4.99 Å². The summed E-state index contributed by atoms with van der Waals surface area (Å²) < 4.78 is 15.2. The predicted octanol–water partition coefficient (Wildman–Crippen LogP) is 1.10. The highest BCUT2D eigenvalue weighted by Gasteiger charge is 2.23. The Morgan fingerprint density at radius 1 is 1.05 bits per heavy atom.